The molecular formula is C3H6Cd2O5. The molecule has 0 rings (SSSR count). The van der Waals surface area contributed by atoms with E-state index < -0.39 is 6.16 Å². The molecule has 5 nitrogen and oxygen atoms in total. The summed E-state index contributed by atoms with van der Waals surface area (Å²) in [5.41, 5.74) is 0. The van der Waals surface area contributed by atoms with Gasteiger partial charge in [-0.3, -0.25) is 0 Å². The molecule has 0 atom stereocenters. The van der Waals surface area contributed by atoms with Crippen molar-refractivity contribution in [2.75, 3.05) is 14.2 Å². The van der Waals surface area contributed by atoms with Crippen molar-refractivity contribution in [3.05, 3.63) is 0 Å². The Labute approximate surface area is 99.4 Å². The van der Waals surface area contributed by atoms with Crippen LogP contribution in [0.25, 0.3) is 0 Å². The van der Waals surface area contributed by atoms with Crippen LogP contribution < -0.4 is 20.4 Å². The molecule has 0 bridgehead atoms. The number of carbonyl (C=O) groups excluding carboxylic acids is 1. The van der Waals surface area contributed by atoms with Crippen LogP contribution in [0, 0.1) is 0 Å². The first-order valence-electron chi connectivity index (χ1n) is 1.43. The van der Waals surface area contributed by atoms with Crippen LogP contribution in [-0.4, -0.2) is 20.4 Å². The number of rotatable bonds is 0. The predicted molar refractivity (Wildman–Crippen MR) is 17.2 cm³/mol. The van der Waals surface area contributed by atoms with E-state index in [1.165, 1.54) is 0 Å². The van der Waals surface area contributed by atoms with Crippen LogP contribution in [-0.2, 0) is 54.6 Å². The average molecular weight is 347 g/mol. The van der Waals surface area contributed by atoms with Crippen LogP contribution in [0.2, 0.25) is 0 Å². The largest absolute Gasteiger partial charge is 2.00 e. The van der Waals surface area contributed by atoms with Crippen LogP contribution in [0.1, 0.15) is 0 Å². The Balaban J connectivity index is -0.0000000125. The minimum Gasteiger partial charge on any atom is -0.857 e. The van der Waals surface area contributed by atoms with Crippen molar-refractivity contribution in [2.24, 2.45) is 0 Å². The quantitative estimate of drug-likeness (QED) is 0.411. The van der Waals surface area contributed by atoms with Gasteiger partial charge in [0, 0.05) is 0 Å². The van der Waals surface area contributed by atoms with Crippen molar-refractivity contribution in [3.63, 3.8) is 0 Å². The van der Waals surface area contributed by atoms with Gasteiger partial charge in [0.25, 0.3) is 0 Å². The van der Waals surface area contributed by atoms with E-state index in [9.17, 15) is 0 Å². The smallest absolute Gasteiger partial charge is 0.857 e. The summed E-state index contributed by atoms with van der Waals surface area (Å²) < 4.78 is 0. The van der Waals surface area contributed by atoms with Gasteiger partial charge in [0.15, 0.2) is 0 Å². The predicted octanol–water partition coefficient (Wildman–Crippen LogP) is -4.50. The molecule has 0 amide bonds. The third-order valence-electron chi connectivity index (χ3n) is 0. The van der Waals surface area contributed by atoms with Crippen molar-refractivity contribution < 1.29 is 79.8 Å². The summed E-state index contributed by atoms with van der Waals surface area (Å²) >= 11 is 0. The van der Waals surface area contributed by atoms with Crippen molar-refractivity contribution in [2.45, 2.75) is 0 Å². The van der Waals surface area contributed by atoms with E-state index in [2.05, 4.69) is 0 Å². The van der Waals surface area contributed by atoms with Crippen LogP contribution in [0.3, 0.4) is 0 Å². The summed E-state index contributed by atoms with van der Waals surface area (Å²) in [6, 6.07) is 0. The van der Waals surface area contributed by atoms with Gasteiger partial charge in [0.2, 0.25) is 0 Å². The van der Waals surface area contributed by atoms with Gasteiger partial charge in [-0.1, -0.05) is 0 Å². The molecule has 0 aromatic heterocycles. The van der Waals surface area contributed by atoms with Crippen molar-refractivity contribution in [1.82, 2.24) is 0 Å². The minimum absolute atomic E-state index is 0. The monoisotopic (exact) mass is 350 g/mol. The first kappa shape index (κ1) is 30.5. The fourth-order valence-electron chi connectivity index (χ4n) is 0. The third-order valence-corrected chi connectivity index (χ3v) is 0. The summed E-state index contributed by atoms with van der Waals surface area (Å²) in [7, 11) is 1.50. The van der Waals surface area contributed by atoms with Gasteiger partial charge in [-0.2, -0.15) is 14.2 Å². The van der Waals surface area contributed by atoms with E-state index in [1.54, 1.807) is 0 Å². The Morgan fingerprint density at radius 1 is 0.900 bits per heavy atom. The molecule has 52 valence electrons. The Kier molecular flexibility index (Phi) is 154. The molecule has 0 aliphatic carbocycles. The van der Waals surface area contributed by atoms with Crippen LogP contribution in [0.5, 0.6) is 0 Å². The Morgan fingerprint density at radius 2 is 0.900 bits per heavy atom. The molecule has 0 spiro atoms. The maximum Gasteiger partial charge on any atom is 2.00 e. The number of hydrogen-bond acceptors (Lipinski definition) is 5. The molecule has 0 aromatic rings. The van der Waals surface area contributed by atoms with Gasteiger partial charge in [0.1, 0.15) is 0 Å². The van der Waals surface area contributed by atoms with E-state index in [4.69, 9.17) is 25.2 Å². The maximum absolute atomic E-state index is 8.33. The summed E-state index contributed by atoms with van der Waals surface area (Å²) in [6.45, 7) is 0. The summed E-state index contributed by atoms with van der Waals surface area (Å²) in [5, 5.41) is 33.2. The Hall–Kier alpha value is 1.03. The molecule has 0 unspecified atom stereocenters. The zero-order valence-corrected chi connectivity index (χ0v) is 14.0. The molecule has 0 aromatic carbocycles. The van der Waals surface area contributed by atoms with Gasteiger partial charge >= 0.3 is 54.6 Å². The summed E-state index contributed by atoms with van der Waals surface area (Å²) in [6.07, 6.45) is -2.33. The molecule has 7 heteroatoms. The van der Waals surface area contributed by atoms with Gasteiger partial charge in [-0.05, 0) is 6.16 Å². The fraction of sp³-hybridized carbons (Fsp3) is 0.667. The summed E-state index contributed by atoms with van der Waals surface area (Å²) in [5.74, 6) is 0. The molecule has 10 heavy (non-hydrogen) atoms. The Bertz CT molecular complexity index is 37.9. The third kappa shape index (κ3) is 545. The molecule has 0 saturated carbocycles. The molecule has 0 aliphatic heterocycles. The van der Waals surface area contributed by atoms with Crippen molar-refractivity contribution in [3.8, 4) is 0 Å². The second-order valence-corrected chi connectivity index (χ2v) is 0.250. The van der Waals surface area contributed by atoms with Crippen molar-refractivity contribution >= 4 is 6.16 Å². The molecule has 0 N–H and O–H groups in total. The molecule has 0 fully saturated rings. The average Bonchev–Trinajstić information content (AvgIpc) is 1.75. The van der Waals surface area contributed by atoms with E-state index >= 15 is 0 Å². The zero-order chi connectivity index (χ0) is 7.58. The zero-order valence-electron chi connectivity index (χ0n) is 5.96. The van der Waals surface area contributed by atoms with Crippen LogP contribution >= 0.6 is 0 Å². The molecule has 0 heterocycles. The number of carbonyl (C=O) groups is 1. The molecule has 0 aliphatic rings. The second kappa shape index (κ2) is 50.3. The topological polar surface area (TPSA) is 109 Å². The number of hydrogen-bond donors (Lipinski definition) is 0. The van der Waals surface area contributed by atoms with E-state index in [0.717, 1.165) is 14.2 Å². The van der Waals surface area contributed by atoms with Crippen LogP contribution in [0.15, 0.2) is 0 Å². The number of carboxylic acid groups (broad SMARTS) is 2. The maximum atomic E-state index is 8.33. The molecule has 0 radical (unpaired) electrons. The van der Waals surface area contributed by atoms with Crippen LogP contribution in [0.4, 0.5) is 4.79 Å². The SMILES string of the molecule is C[O-].C[O-].O=C([O-])[O-].[Cd+2].[Cd+2]. The minimum atomic E-state index is -2.33. The van der Waals surface area contributed by atoms with E-state index in [0.29, 0.717) is 0 Å². The molecule has 0 saturated heterocycles. The van der Waals surface area contributed by atoms with Gasteiger partial charge in [-0.15, -0.1) is 0 Å². The van der Waals surface area contributed by atoms with E-state index in [1.807, 2.05) is 0 Å². The standard InChI is InChI=1S/CH2O3.2CH3O.2Cd/c2-1(3)4;2*1-2;;/h(H2,2,3,4);2*1H3;;/q;2*-1;2*+2/p-2. The second-order valence-electron chi connectivity index (χ2n) is 0.250. The molecular weight excluding hydrogens is 341 g/mol. The first-order valence-corrected chi connectivity index (χ1v) is 1.43. The van der Waals surface area contributed by atoms with Crippen molar-refractivity contribution in [1.29, 1.82) is 0 Å². The van der Waals surface area contributed by atoms with E-state index in [-0.39, 0.29) is 54.6 Å². The normalized spacial score (nSPS) is 3.60. The van der Waals surface area contributed by atoms with Gasteiger partial charge < -0.3 is 25.2 Å². The fourth-order valence-corrected chi connectivity index (χ4v) is 0. The summed E-state index contributed by atoms with van der Waals surface area (Å²) in [4.78, 5) is 8.33. The Morgan fingerprint density at radius 3 is 0.900 bits per heavy atom. The van der Waals surface area contributed by atoms with Gasteiger partial charge in [-0.25, -0.2) is 0 Å². The first-order chi connectivity index (χ1) is 3.73. The van der Waals surface area contributed by atoms with Gasteiger partial charge in [0.05, 0.1) is 0 Å².